The standard InChI is InChI=1S/C14H24N2/c1-10(2)14(15)9-16(5)13-7-11(3)6-12(4)8-13/h6-8,10,14H,9,15H2,1-5H3. The van der Waals surface area contributed by atoms with Gasteiger partial charge in [0.25, 0.3) is 0 Å². The van der Waals surface area contributed by atoms with Gasteiger partial charge < -0.3 is 10.6 Å². The third-order valence-corrected chi connectivity index (χ3v) is 2.99. The van der Waals surface area contributed by atoms with Crippen LogP contribution in [-0.2, 0) is 0 Å². The van der Waals surface area contributed by atoms with Crippen LogP contribution in [0.1, 0.15) is 25.0 Å². The maximum Gasteiger partial charge on any atom is 0.0369 e. The highest BCUT2D eigenvalue weighted by Crippen LogP contribution is 2.18. The second-order valence-corrected chi connectivity index (χ2v) is 5.13. The normalized spacial score (nSPS) is 12.9. The first-order chi connectivity index (χ1) is 7.40. The Labute approximate surface area is 99.5 Å². The second kappa shape index (κ2) is 5.35. The van der Waals surface area contributed by atoms with E-state index in [1.807, 2.05) is 0 Å². The number of benzene rings is 1. The van der Waals surface area contributed by atoms with Crippen molar-refractivity contribution in [1.82, 2.24) is 0 Å². The summed E-state index contributed by atoms with van der Waals surface area (Å²) in [6, 6.07) is 6.84. The summed E-state index contributed by atoms with van der Waals surface area (Å²) in [4.78, 5) is 2.24. The van der Waals surface area contributed by atoms with E-state index in [9.17, 15) is 0 Å². The molecule has 0 aromatic heterocycles. The molecule has 90 valence electrons. The Hall–Kier alpha value is -1.02. The second-order valence-electron chi connectivity index (χ2n) is 5.13. The van der Waals surface area contributed by atoms with Gasteiger partial charge in [-0.05, 0) is 43.0 Å². The minimum Gasteiger partial charge on any atom is -0.373 e. The lowest BCUT2D eigenvalue weighted by Crippen LogP contribution is -2.39. The molecule has 1 aromatic rings. The molecule has 0 spiro atoms. The van der Waals surface area contributed by atoms with Gasteiger partial charge in [-0.15, -0.1) is 0 Å². The molecule has 1 rings (SSSR count). The molecule has 0 heterocycles. The Kier molecular flexibility index (Phi) is 4.36. The van der Waals surface area contributed by atoms with Crippen LogP contribution < -0.4 is 10.6 Å². The van der Waals surface area contributed by atoms with Gasteiger partial charge in [-0.25, -0.2) is 0 Å². The van der Waals surface area contributed by atoms with Crippen LogP contribution in [0.3, 0.4) is 0 Å². The van der Waals surface area contributed by atoms with Crippen molar-refractivity contribution in [3.8, 4) is 0 Å². The fraction of sp³-hybridized carbons (Fsp3) is 0.571. The molecule has 0 aliphatic heterocycles. The van der Waals surface area contributed by atoms with Crippen molar-refractivity contribution >= 4 is 5.69 Å². The van der Waals surface area contributed by atoms with Crippen LogP contribution in [0, 0.1) is 19.8 Å². The molecule has 16 heavy (non-hydrogen) atoms. The molecule has 1 aromatic carbocycles. The highest BCUT2D eigenvalue weighted by Gasteiger charge is 2.11. The third-order valence-electron chi connectivity index (χ3n) is 2.99. The summed E-state index contributed by atoms with van der Waals surface area (Å²) in [5, 5.41) is 0. The molecule has 0 fully saturated rings. The van der Waals surface area contributed by atoms with Crippen molar-refractivity contribution in [2.75, 3.05) is 18.5 Å². The fourth-order valence-corrected chi connectivity index (χ4v) is 1.80. The molecule has 0 aliphatic carbocycles. The van der Waals surface area contributed by atoms with E-state index in [0.717, 1.165) is 6.54 Å². The highest BCUT2D eigenvalue weighted by atomic mass is 15.1. The van der Waals surface area contributed by atoms with E-state index in [2.05, 4.69) is 57.8 Å². The number of likely N-dealkylation sites (N-methyl/N-ethyl adjacent to an activating group) is 1. The number of hydrogen-bond acceptors (Lipinski definition) is 2. The van der Waals surface area contributed by atoms with Gasteiger partial charge >= 0.3 is 0 Å². The first-order valence-electron chi connectivity index (χ1n) is 5.95. The van der Waals surface area contributed by atoms with Crippen molar-refractivity contribution in [2.45, 2.75) is 33.7 Å². The maximum absolute atomic E-state index is 6.09. The molecular weight excluding hydrogens is 196 g/mol. The van der Waals surface area contributed by atoms with Crippen molar-refractivity contribution in [2.24, 2.45) is 11.7 Å². The quantitative estimate of drug-likeness (QED) is 0.845. The Bertz CT molecular complexity index is 324. The molecule has 2 heteroatoms. The topological polar surface area (TPSA) is 29.3 Å². The molecule has 0 saturated heterocycles. The molecule has 1 unspecified atom stereocenters. The van der Waals surface area contributed by atoms with Crippen molar-refractivity contribution in [1.29, 1.82) is 0 Å². The van der Waals surface area contributed by atoms with Gasteiger partial charge in [0, 0.05) is 25.3 Å². The van der Waals surface area contributed by atoms with Crippen LogP contribution in [0.2, 0.25) is 0 Å². The summed E-state index contributed by atoms with van der Waals surface area (Å²) in [5.41, 5.74) is 9.96. The van der Waals surface area contributed by atoms with Crippen molar-refractivity contribution < 1.29 is 0 Å². The van der Waals surface area contributed by atoms with E-state index in [0.29, 0.717) is 5.92 Å². The third kappa shape index (κ3) is 3.53. The van der Waals surface area contributed by atoms with E-state index < -0.39 is 0 Å². The van der Waals surface area contributed by atoms with E-state index in [4.69, 9.17) is 5.73 Å². The first-order valence-corrected chi connectivity index (χ1v) is 5.95. The van der Waals surface area contributed by atoms with E-state index in [1.165, 1.54) is 16.8 Å². The Morgan fingerprint density at radius 2 is 1.62 bits per heavy atom. The van der Waals surface area contributed by atoms with Gasteiger partial charge in [-0.3, -0.25) is 0 Å². The van der Waals surface area contributed by atoms with Crippen molar-refractivity contribution in [3.05, 3.63) is 29.3 Å². The number of nitrogens with two attached hydrogens (primary N) is 1. The smallest absolute Gasteiger partial charge is 0.0369 e. The average molecular weight is 220 g/mol. The molecular formula is C14H24N2. The minimum absolute atomic E-state index is 0.228. The lowest BCUT2D eigenvalue weighted by molar-refractivity contribution is 0.493. The van der Waals surface area contributed by atoms with Gasteiger partial charge in [0.05, 0.1) is 0 Å². The summed E-state index contributed by atoms with van der Waals surface area (Å²) in [5.74, 6) is 0.522. The monoisotopic (exact) mass is 220 g/mol. The molecule has 0 aliphatic rings. The Morgan fingerprint density at radius 3 is 2.06 bits per heavy atom. The number of anilines is 1. The van der Waals surface area contributed by atoms with E-state index in [1.54, 1.807) is 0 Å². The number of aryl methyl sites for hydroxylation is 2. The Morgan fingerprint density at radius 1 is 1.12 bits per heavy atom. The van der Waals surface area contributed by atoms with Crippen LogP contribution in [-0.4, -0.2) is 19.6 Å². The Balaban J connectivity index is 2.76. The minimum atomic E-state index is 0.228. The predicted molar refractivity (Wildman–Crippen MR) is 72.0 cm³/mol. The van der Waals surface area contributed by atoms with Crippen LogP contribution >= 0.6 is 0 Å². The largest absolute Gasteiger partial charge is 0.373 e. The van der Waals surface area contributed by atoms with Gasteiger partial charge in [0.2, 0.25) is 0 Å². The van der Waals surface area contributed by atoms with Crippen LogP contribution in [0.4, 0.5) is 5.69 Å². The van der Waals surface area contributed by atoms with Crippen LogP contribution in [0.25, 0.3) is 0 Å². The van der Waals surface area contributed by atoms with Gasteiger partial charge in [-0.1, -0.05) is 19.9 Å². The first kappa shape index (κ1) is 13.0. The van der Waals surface area contributed by atoms with Crippen LogP contribution in [0.15, 0.2) is 18.2 Å². The zero-order valence-corrected chi connectivity index (χ0v) is 11.1. The predicted octanol–water partition coefficient (Wildman–Crippen LogP) is 2.72. The maximum atomic E-state index is 6.09. The summed E-state index contributed by atoms with van der Waals surface area (Å²) >= 11 is 0. The molecule has 1 atom stereocenters. The van der Waals surface area contributed by atoms with Crippen LogP contribution in [0.5, 0.6) is 0 Å². The zero-order valence-electron chi connectivity index (χ0n) is 11.1. The van der Waals surface area contributed by atoms with Crippen molar-refractivity contribution in [3.63, 3.8) is 0 Å². The summed E-state index contributed by atoms with van der Waals surface area (Å²) < 4.78 is 0. The zero-order chi connectivity index (χ0) is 12.3. The molecule has 2 N–H and O–H groups in total. The fourth-order valence-electron chi connectivity index (χ4n) is 1.80. The number of nitrogens with zero attached hydrogens (tertiary/aromatic N) is 1. The van der Waals surface area contributed by atoms with E-state index in [-0.39, 0.29) is 6.04 Å². The SMILES string of the molecule is Cc1cc(C)cc(N(C)CC(N)C(C)C)c1. The summed E-state index contributed by atoms with van der Waals surface area (Å²) in [6.07, 6.45) is 0. The molecule has 0 radical (unpaired) electrons. The van der Waals surface area contributed by atoms with E-state index >= 15 is 0 Å². The lowest BCUT2D eigenvalue weighted by Gasteiger charge is -2.26. The molecule has 2 nitrogen and oxygen atoms in total. The highest BCUT2D eigenvalue weighted by molar-refractivity contribution is 5.50. The lowest BCUT2D eigenvalue weighted by atomic mass is 10.0. The van der Waals surface area contributed by atoms with Gasteiger partial charge in [-0.2, -0.15) is 0 Å². The molecule has 0 saturated carbocycles. The molecule has 0 bridgehead atoms. The number of hydrogen-bond donors (Lipinski definition) is 1. The van der Waals surface area contributed by atoms with Gasteiger partial charge in [0.1, 0.15) is 0 Å². The summed E-state index contributed by atoms with van der Waals surface area (Å²) in [6.45, 7) is 9.50. The average Bonchev–Trinajstić information content (AvgIpc) is 2.15. The van der Waals surface area contributed by atoms with Gasteiger partial charge in [0.15, 0.2) is 0 Å². The number of rotatable bonds is 4. The summed E-state index contributed by atoms with van der Waals surface area (Å²) in [7, 11) is 2.11. The molecule has 0 amide bonds.